The lowest BCUT2D eigenvalue weighted by molar-refractivity contribution is -0.138. The van der Waals surface area contributed by atoms with E-state index in [1.165, 1.54) is 5.69 Å². The van der Waals surface area contributed by atoms with E-state index in [1.807, 2.05) is 25.5 Å². The summed E-state index contributed by atoms with van der Waals surface area (Å²) in [6.45, 7) is 10.9. The van der Waals surface area contributed by atoms with Gasteiger partial charge < -0.3 is 19.0 Å². The molecule has 0 atom stereocenters. The number of nitrogens with zero attached hydrogens (tertiary/aromatic N) is 5. The van der Waals surface area contributed by atoms with Crippen LogP contribution in [0.3, 0.4) is 0 Å². The Morgan fingerprint density at radius 3 is 2.64 bits per heavy atom. The molecule has 33 heavy (non-hydrogen) atoms. The van der Waals surface area contributed by atoms with Crippen LogP contribution < -0.4 is 0 Å². The fraction of sp³-hybridized carbons (Fsp3) is 0.480. The fourth-order valence-corrected chi connectivity index (χ4v) is 4.88. The first-order valence-electron chi connectivity index (χ1n) is 11.5. The number of piperidine rings is 1. The molecule has 4 heterocycles. The largest absolute Gasteiger partial charge is 0.505 e. The highest BCUT2D eigenvalue weighted by molar-refractivity contribution is 6.22. The van der Waals surface area contributed by atoms with Gasteiger partial charge in [0, 0.05) is 50.0 Å². The predicted octanol–water partition coefficient (Wildman–Crippen LogP) is 3.87. The van der Waals surface area contributed by atoms with Gasteiger partial charge in [-0.1, -0.05) is 0 Å². The molecule has 1 N–H and O–H groups in total. The number of aryl methyl sites for hydroxylation is 2. The zero-order chi connectivity index (χ0) is 23.7. The summed E-state index contributed by atoms with van der Waals surface area (Å²) in [5.41, 5.74) is 4.37. The van der Waals surface area contributed by atoms with Crippen LogP contribution in [0.4, 0.5) is 0 Å². The van der Waals surface area contributed by atoms with E-state index in [2.05, 4.69) is 43.9 Å². The number of rotatable bonds is 6. The summed E-state index contributed by atoms with van der Waals surface area (Å²) in [6, 6.07) is 2.56. The van der Waals surface area contributed by atoms with Crippen molar-refractivity contribution >= 4 is 17.8 Å². The van der Waals surface area contributed by atoms with Crippen LogP contribution in [-0.2, 0) is 23.1 Å². The van der Waals surface area contributed by atoms with Crippen molar-refractivity contribution in [2.24, 2.45) is 12.0 Å². The molecule has 1 saturated heterocycles. The van der Waals surface area contributed by atoms with Crippen molar-refractivity contribution in [3.63, 3.8) is 0 Å². The van der Waals surface area contributed by atoms with Gasteiger partial charge in [-0.05, 0) is 58.2 Å². The number of hydrogen-bond donors (Lipinski definition) is 1. The third-order valence-corrected chi connectivity index (χ3v) is 6.63. The van der Waals surface area contributed by atoms with E-state index in [4.69, 9.17) is 4.74 Å². The molecule has 2 aliphatic rings. The van der Waals surface area contributed by atoms with Crippen LogP contribution in [0.2, 0.25) is 0 Å². The normalized spacial score (nSPS) is 18.9. The zero-order valence-corrected chi connectivity index (χ0v) is 20.1. The van der Waals surface area contributed by atoms with Gasteiger partial charge in [0.2, 0.25) is 0 Å². The number of aliphatic hydroxyl groups excluding tert-OH is 1. The molecule has 0 amide bonds. The van der Waals surface area contributed by atoms with Crippen molar-refractivity contribution in [3.8, 4) is 0 Å². The Bertz CT molecular complexity index is 1140. The molecule has 0 radical (unpaired) electrons. The Labute approximate surface area is 194 Å². The maximum atomic E-state index is 12.2. The Hall–Kier alpha value is -3.13. The van der Waals surface area contributed by atoms with Gasteiger partial charge in [-0.15, -0.1) is 0 Å². The Morgan fingerprint density at radius 1 is 1.27 bits per heavy atom. The number of ether oxygens (including phenoxy) is 1. The third-order valence-electron chi connectivity index (χ3n) is 6.63. The third kappa shape index (κ3) is 4.53. The Kier molecular flexibility index (Phi) is 6.56. The van der Waals surface area contributed by atoms with Crippen LogP contribution in [0.25, 0.3) is 6.08 Å². The van der Waals surface area contributed by atoms with Crippen LogP contribution in [0.5, 0.6) is 0 Å². The SMILES string of the molecule is CCOC(=O)C1=C(O)/C(=C\c2cc(C)n(C3CCN(Cc4nccn4C)CC3)c2C)N=C1C. The number of likely N-dealkylation sites (tertiary alicyclic amines) is 1. The number of hydrogen-bond acceptors (Lipinski definition) is 6. The van der Waals surface area contributed by atoms with E-state index in [9.17, 15) is 9.90 Å². The second-order valence-electron chi connectivity index (χ2n) is 8.83. The van der Waals surface area contributed by atoms with E-state index in [0.29, 0.717) is 17.5 Å². The minimum absolute atomic E-state index is 0.113. The quantitative estimate of drug-likeness (QED) is 0.674. The fourth-order valence-electron chi connectivity index (χ4n) is 4.88. The van der Waals surface area contributed by atoms with Crippen LogP contribution in [0.15, 0.2) is 40.5 Å². The summed E-state index contributed by atoms with van der Waals surface area (Å²) in [6.07, 6.45) is 7.85. The van der Waals surface area contributed by atoms with Crippen molar-refractivity contribution in [2.45, 2.75) is 53.1 Å². The van der Waals surface area contributed by atoms with E-state index >= 15 is 0 Å². The maximum absolute atomic E-state index is 12.2. The molecule has 4 rings (SSSR count). The summed E-state index contributed by atoms with van der Waals surface area (Å²) < 4.78 is 9.55. The summed E-state index contributed by atoms with van der Waals surface area (Å²) in [5.74, 6) is 0.443. The minimum Gasteiger partial charge on any atom is -0.505 e. The number of carbonyl (C=O) groups is 1. The van der Waals surface area contributed by atoms with E-state index in [1.54, 1.807) is 13.8 Å². The highest BCUT2D eigenvalue weighted by atomic mass is 16.5. The van der Waals surface area contributed by atoms with Gasteiger partial charge in [-0.3, -0.25) is 4.90 Å². The number of aromatic nitrogens is 3. The van der Waals surface area contributed by atoms with Crippen LogP contribution in [0, 0.1) is 13.8 Å². The molecule has 1 fully saturated rings. The summed E-state index contributed by atoms with van der Waals surface area (Å²) in [5, 5.41) is 10.6. The van der Waals surface area contributed by atoms with Gasteiger partial charge in [0.1, 0.15) is 17.1 Å². The van der Waals surface area contributed by atoms with Crippen LogP contribution in [0.1, 0.15) is 55.5 Å². The molecular weight excluding hydrogens is 418 g/mol. The van der Waals surface area contributed by atoms with Gasteiger partial charge in [0.05, 0.1) is 18.9 Å². The van der Waals surface area contributed by atoms with Crippen molar-refractivity contribution in [1.82, 2.24) is 19.0 Å². The molecule has 8 nitrogen and oxygen atoms in total. The van der Waals surface area contributed by atoms with E-state index in [0.717, 1.165) is 49.6 Å². The van der Waals surface area contributed by atoms with Gasteiger partial charge in [0.15, 0.2) is 5.76 Å². The molecule has 176 valence electrons. The summed E-state index contributed by atoms with van der Waals surface area (Å²) >= 11 is 0. The lowest BCUT2D eigenvalue weighted by Crippen LogP contribution is -2.35. The smallest absolute Gasteiger partial charge is 0.343 e. The first-order valence-corrected chi connectivity index (χ1v) is 11.5. The lowest BCUT2D eigenvalue weighted by atomic mass is 10.0. The van der Waals surface area contributed by atoms with E-state index < -0.39 is 5.97 Å². The second kappa shape index (κ2) is 9.39. The summed E-state index contributed by atoms with van der Waals surface area (Å²) in [4.78, 5) is 23.5. The van der Waals surface area contributed by atoms with Gasteiger partial charge in [-0.2, -0.15) is 0 Å². The van der Waals surface area contributed by atoms with Crippen molar-refractivity contribution < 1.29 is 14.6 Å². The molecule has 0 aromatic carbocycles. The van der Waals surface area contributed by atoms with Crippen LogP contribution >= 0.6 is 0 Å². The van der Waals surface area contributed by atoms with Crippen molar-refractivity contribution in [3.05, 3.63) is 58.3 Å². The molecule has 0 unspecified atom stereocenters. The number of esters is 1. The maximum Gasteiger partial charge on any atom is 0.343 e. The highest BCUT2D eigenvalue weighted by Crippen LogP contribution is 2.32. The van der Waals surface area contributed by atoms with Crippen molar-refractivity contribution in [1.29, 1.82) is 0 Å². The minimum atomic E-state index is -0.539. The van der Waals surface area contributed by atoms with E-state index in [-0.39, 0.29) is 17.9 Å². The molecule has 0 spiro atoms. The van der Waals surface area contributed by atoms with Gasteiger partial charge >= 0.3 is 5.97 Å². The predicted molar refractivity (Wildman–Crippen MR) is 128 cm³/mol. The zero-order valence-electron chi connectivity index (χ0n) is 20.1. The molecule has 8 heteroatoms. The molecule has 2 aromatic rings. The van der Waals surface area contributed by atoms with Gasteiger partial charge in [-0.25, -0.2) is 14.8 Å². The number of aliphatic hydroxyl groups is 1. The highest BCUT2D eigenvalue weighted by Gasteiger charge is 2.28. The molecular formula is C25H33N5O3. The average molecular weight is 452 g/mol. The van der Waals surface area contributed by atoms with Crippen molar-refractivity contribution in [2.75, 3.05) is 19.7 Å². The Balaban J connectivity index is 1.50. The topological polar surface area (TPSA) is 84.9 Å². The number of aliphatic imine (C=N–C) groups is 1. The first kappa shape index (κ1) is 23.0. The standard InChI is InChI=1S/C25H33N5O3/c1-6-33-25(32)23-17(3)27-21(24(23)31)14-19-13-16(2)30(18(19)4)20-7-10-29(11-8-20)15-22-26-9-12-28(22)5/h9,12-14,20,31H,6-8,10-11,15H2,1-5H3/b21-14+. The molecule has 0 aliphatic carbocycles. The Morgan fingerprint density at radius 2 is 2.00 bits per heavy atom. The average Bonchev–Trinajstić information content (AvgIpc) is 3.39. The molecule has 0 bridgehead atoms. The van der Waals surface area contributed by atoms with Crippen LogP contribution in [-0.4, -0.2) is 55.5 Å². The number of carbonyl (C=O) groups excluding carboxylic acids is 1. The second-order valence-corrected chi connectivity index (χ2v) is 8.83. The lowest BCUT2D eigenvalue weighted by Gasteiger charge is -2.34. The molecule has 2 aromatic heterocycles. The molecule has 2 aliphatic heterocycles. The summed E-state index contributed by atoms with van der Waals surface area (Å²) in [7, 11) is 2.04. The van der Waals surface area contributed by atoms with Gasteiger partial charge in [0.25, 0.3) is 0 Å². The first-order chi connectivity index (χ1) is 15.8. The number of imidazole rings is 1. The monoisotopic (exact) mass is 451 g/mol. The molecule has 0 saturated carbocycles.